The van der Waals surface area contributed by atoms with E-state index in [1.807, 2.05) is 0 Å². The van der Waals surface area contributed by atoms with Crippen LogP contribution >= 0.6 is 0 Å². The number of aryl methyl sites for hydroxylation is 2. The summed E-state index contributed by atoms with van der Waals surface area (Å²) >= 11 is 0. The van der Waals surface area contributed by atoms with Crippen molar-refractivity contribution >= 4 is 5.69 Å². The summed E-state index contributed by atoms with van der Waals surface area (Å²) in [6.07, 6.45) is 0. The number of rotatable bonds is 2. The van der Waals surface area contributed by atoms with Gasteiger partial charge in [0.1, 0.15) is 0 Å². The molecule has 0 N–H and O–H groups in total. The van der Waals surface area contributed by atoms with Gasteiger partial charge in [-0.15, -0.1) is 4.91 Å². The second-order valence-electron chi connectivity index (χ2n) is 4.31. The van der Waals surface area contributed by atoms with E-state index in [2.05, 4.69) is 42.2 Å². The third-order valence-corrected chi connectivity index (χ3v) is 3.08. The van der Waals surface area contributed by atoms with Crippen LogP contribution in [0.2, 0.25) is 0 Å². The maximum atomic E-state index is 10.4. The van der Waals surface area contributed by atoms with Gasteiger partial charge in [0.05, 0.1) is 18.4 Å². The van der Waals surface area contributed by atoms with E-state index in [0.717, 1.165) is 26.2 Å². The lowest BCUT2D eigenvalue weighted by Gasteiger charge is -2.34. The Bertz CT molecular complexity index is 384. The molecule has 0 saturated carbocycles. The molecule has 1 aromatic rings. The van der Waals surface area contributed by atoms with Gasteiger partial charge in [0.15, 0.2) is 0 Å². The molecular weight excluding hydrogens is 202 g/mol. The van der Waals surface area contributed by atoms with Crippen LogP contribution in [0.25, 0.3) is 0 Å². The number of nitroso groups, excluding NO2 is 1. The normalized spacial score (nSPS) is 16.4. The van der Waals surface area contributed by atoms with Crippen LogP contribution in [0.4, 0.5) is 5.69 Å². The Kier molecular flexibility index (Phi) is 3.08. The van der Waals surface area contributed by atoms with Gasteiger partial charge in [-0.3, -0.25) is 5.01 Å². The molecule has 1 saturated heterocycles. The number of nitrogens with zero attached hydrogens (tertiary/aromatic N) is 3. The fraction of sp³-hybridized carbons (Fsp3) is 0.500. The van der Waals surface area contributed by atoms with Gasteiger partial charge in [0.2, 0.25) is 0 Å². The average Bonchev–Trinajstić information content (AvgIpc) is 2.32. The maximum absolute atomic E-state index is 10.4. The Hall–Kier alpha value is -1.58. The van der Waals surface area contributed by atoms with Crippen LogP contribution in [-0.2, 0) is 0 Å². The van der Waals surface area contributed by atoms with E-state index in [4.69, 9.17) is 0 Å². The standard InChI is InChI=1S/C12H17N3O/c1-10-3-4-11(2)12(9-10)14-5-7-15(13-16)8-6-14/h3-4,9H,5-8H2,1-2H3. The molecule has 0 atom stereocenters. The van der Waals surface area contributed by atoms with Gasteiger partial charge in [0.25, 0.3) is 0 Å². The van der Waals surface area contributed by atoms with E-state index in [-0.39, 0.29) is 0 Å². The zero-order valence-corrected chi connectivity index (χ0v) is 9.81. The summed E-state index contributed by atoms with van der Waals surface area (Å²) < 4.78 is 0. The van der Waals surface area contributed by atoms with Gasteiger partial charge < -0.3 is 4.90 Å². The Balaban J connectivity index is 2.13. The van der Waals surface area contributed by atoms with Crippen molar-refractivity contribution in [2.45, 2.75) is 13.8 Å². The highest BCUT2D eigenvalue weighted by Gasteiger charge is 2.17. The van der Waals surface area contributed by atoms with Crippen LogP contribution in [0.3, 0.4) is 0 Å². The van der Waals surface area contributed by atoms with Gasteiger partial charge in [-0.25, -0.2) is 0 Å². The van der Waals surface area contributed by atoms with Crippen LogP contribution in [0.1, 0.15) is 11.1 Å². The highest BCUT2D eigenvalue weighted by molar-refractivity contribution is 5.55. The molecule has 1 aliphatic rings. The van der Waals surface area contributed by atoms with Gasteiger partial charge in [0, 0.05) is 18.8 Å². The van der Waals surface area contributed by atoms with E-state index in [0.29, 0.717) is 0 Å². The minimum atomic E-state index is 0.719. The first kappa shape index (κ1) is 10.9. The minimum absolute atomic E-state index is 0.719. The van der Waals surface area contributed by atoms with Crippen molar-refractivity contribution in [1.82, 2.24) is 5.01 Å². The molecule has 1 heterocycles. The minimum Gasteiger partial charge on any atom is -0.368 e. The number of anilines is 1. The van der Waals surface area contributed by atoms with Crippen molar-refractivity contribution in [2.24, 2.45) is 5.29 Å². The second kappa shape index (κ2) is 4.51. The van der Waals surface area contributed by atoms with Crippen molar-refractivity contribution < 1.29 is 0 Å². The Morgan fingerprint density at radius 2 is 1.81 bits per heavy atom. The molecule has 86 valence electrons. The molecular formula is C12H17N3O. The SMILES string of the molecule is Cc1ccc(C)c(N2CCN(N=O)CC2)c1. The number of hydrogen-bond donors (Lipinski definition) is 0. The number of piperazine rings is 1. The molecule has 0 amide bonds. The topological polar surface area (TPSA) is 35.9 Å². The molecule has 4 heteroatoms. The molecule has 16 heavy (non-hydrogen) atoms. The van der Waals surface area contributed by atoms with E-state index < -0.39 is 0 Å². The molecule has 0 spiro atoms. The molecule has 1 fully saturated rings. The molecule has 4 nitrogen and oxygen atoms in total. The zero-order valence-electron chi connectivity index (χ0n) is 9.81. The van der Waals surface area contributed by atoms with Gasteiger partial charge in [-0.05, 0) is 31.0 Å². The summed E-state index contributed by atoms with van der Waals surface area (Å²) in [5.74, 6) is 0. The highest BCUT2D eigenvalue weighted by Crippen LogP contribution is 2.22. The average molecular weight is 219 g/mol. The third kappa shape index (κ3) is 2.15. The van der Waals surface area contributed by atoms with Crippen LogP contribution in [0.15, 0.2) is 23.5 Å². The summed E-state index contributed by atoms with van der Waals surface area (Å²) in [4.78, 5) is 12.7. The predicted molar refractivity (Wildman–Crippen MR) is 65.5 cm³/mol. The van der Waals surface area contributed by atoms with Crippen molar-refractivity contribution in [1.29, 1.82) is 0 Å². The lowest BCUT2D eigenvalue weighted by Crippen LogP contribution is -2.44. The molecule has 0 unspecified atom stereocenters. The highest BCUT2D eigenvalue weighted by atomic mass is 16.3. The van der Waals surface area contributed by atoms with Crippen LogP contribution in [-0.4, -0.2) is 31.2 Å². The largest absolute Gasteiger partial charge is 0.368 e. The van der Waals surface area contributed by atoms with E-state index in [9.17, 15) is 4.91 Å². The Labute approximate surface area is 95.8 Å². The lowest BCUT2D eigenvalue weighted by molar-refractivity contribution is 0.266. The number of benzene rings is 1. The van der Waals surface area contributed by atoms with Crippen molar-refractivity contribution in [2.75, 3.05) is 31.1 Å². The van der Waals surface area contributed by atoms with E-state index in [1.54, 1.807) is 5.01 Å². The molecule has 1 aliphatic heterocycles. The van der Waals surface area contributed by atoms with Crippen molar-refractivity contribution in [3.8, 4) is 0 Å². The predicted octanol–water partition coefficient (Wildman–Crippen LogP) is 2.11. The summed E-state index contributed by atoms with van der Waals surface area (Å²) in [6, 6.07) is 6.48. The molecule has 0 aromatic heterocycles. The van der Waals surface area contributed by atoms with Crippen molar-refractivity contribution in [3.05, 3.63) is 34.2 Å². The molecule has 0 radical (unpaired) electrons. The first-order chi connectivity index (χ1) is 7.70. The lowest BCUT2D eigenvalue weighted by atomic mass is 10.1. The quantitative estimate of drug-likeness (QED) is 0.715. The summed E-state index contributed by atoms with van der Waals surface area (Å²) in [5, 5.41) is 4.56. The fourth-order valence-electron chi connectivity index (χ4n) is 2.08. The van der Waals surface area contributed by atoms with Crippen LogP contribution in [0.5, 0.6) is 0 Å². The molecule has 0 aliphatic carbocycles. The van der Waals surface area contributed by atoms with Crippen LogP contribution in [0, 0.1) is 18.8 Å². The van der Waals surface area contributed by atoms with E-state index >= 15 is 0 Å². The Morgan fingerprint density at radius 1 is 1.12 bits per heavy atom. The molecule has 0 bridgehead atoms. The second-order valence-corrected chi connectivity index (χ2v) is 4.31. The maximum Gasteiger partial charge on any atom is 0.0568 e. The van der Waals surface area contributed by atoms with Gasteiger partial charge in [-0.1, -0.05) is 12.1 Å². The first-order valence-electron chi connectivity index (χ1n) is 5.61. The van der Waals surface area contributed by atoms with Gasteiger partial charge in [-0.2, -0.15) is 0 Å². The summed E-state index contributed by atoms with van der Waals surface area (Å²) in [5.41, 5.74) is 3.85. The van der Waals surface area contributed by atoms with Crippen LogP contribution < -0.4 is 4.90 Å². The van der Waals surface area contributed by atoms with Gasteiger partial charge >= 0.3 is 0 Å². The summed E-state index contributed by atoms with van der Waals surface area (Å²) in [6.45, 7) is 7.41. The smallest absolute Gasteiger partial charge is 0.0568 e. The monoisotopic (exact) mass is 219 g/mol. The zero-order chi connectivity index (χ0) is 11.5. The first-order valence-corrected chi connectivity index (χ1v) is 5.61. The Morgan fingerprint density at radius 3 is 2.44 bits per heavy atom. The molecule has 1 aromatic carbocycles. The summed E-state index contributed by atoms with van der Waals surface area (Å²) in [7, 11) is 0. The third-order valence-electron chi connectivity index (χ3n) is 3.08. The van der Waals surface area contributed by atoms with E-state index in [1.165, 1.54) is 16.8 Å². The molecule has 2 rings (SSSR count). The fourth-order valence-corrected chi connectivity index (χ4v) is 2.08. The van der Waals surface area contributed by atoms with Crippen molar-refractivity contribution in [3.63, 3.8) is 0 Å². The number of hydrogen-bond acceptors (Lipinski definition) is 3.